The summed E-state index contributed by atoms with van der Waals surface area (Å²) < 4.78 is 5.10. The van der Waals surface area contributed by atoms with Gasteiger partial charge in [-0.05, 0) is 25.7 Å². The van der Waals surface area contributed by atoms with Crippen LogP contribution < -0.4 is 0 Å². The van der Waals surface area contributed by atoms with Gasteiger partial charge in [-0.25, -0.2) is 0 Å². The van der Waals surface area contributed by atoms with Gasteiger partial charge in [0, 0.05) is 12.5 Å². The molecule has 0 aromatic carbocycles. The lowest BCUT2D eigenvalue weighted by atomic mass is 10.1. The molecule has 0 bridgehead atoms. The largest absolute Gasteiger partial charge is 0.339 e. The van der Waals surface area contributed by atoms with Crippen molar-refractivity contribution in [2.45, 2.75) is 37.6 Å². The van der Waals surface area contributed by atoms with E-state index in [1.807, 2.05) is 0 Å². The van der Waals surface area contributed by atoms with Gasteiger partial charge in [0.25, 0.3) is 0 Å². The Bertz CT molecular complexity index is 512. The van der Waals surface area contributed by atoms with E-state index in [4.69, 9.17) is 4.52 Å². The Morgan fingerprint density at radius 1 is 1.37 bits per heavy atom. The zero-order valence-corrected chi connectivity index (χ0v) is 11.9. The van der Waals surface area contributed by atoms with Gasteiger partial charge in [0.2, 0.25) is 23.4 Å². The number of halogens is 1. The van der Waals surface area contributed by atoms with E-state index in [-0.39, 0.29) is 22.8 Å². The molecule has 2 heterocycles. The molecule has 102 valence electrons. The van der Waals surface area contributed by atoms with Gasteiger partial charge < -0.3 is 9.42 Å². The minimum absolute atomic E-state index is 0.0678. The first-order valence-electron chi connectivity index (χ1n) is 6.44. The molecule has 6 nitrogen and oxygen atoms in total. The van der Waals surface area contributed by atoms with E-state index in [0.717, 1.165) is 19.3 Å². The second-order valence-corrected chi connectivity index (χ2v) is 5.53. The maximum Gasteiger partial charge on any atom is 0.240 e. The lowest BCUT2D eigenvalue weighted by Crippen LogP contribution is -2.41. The topological polar surface area (TPSA) is 76.3 Å². The molecule has 1 amide bonds. The van der Waals surface area contributed by atoms with Crippen molar-refractivity contribution in [1.82, 2.24) is 15.0 Å². The fourth-order valence-electron chi connectivity index (χ4n) is 2.39. The van der Waals surface area contributed by atoms with E-state index in [0.29, 0.717) is 24.8 Å². The van der Waals surface area contributed by atoms with Crippen molar-refractivity contribution in [2.75, 3.05) is 11.9 Å². The SMILES string of the molecule is O=C(c1noc(C2CC2)n1)[C@@H]1CCCN1C(=O)CBr. The molecule has 1 aliphatic heterocycles. The van der Waals surface area contributed by atoms with E-state index in [1.165, 1.54) is 0 Å². The summed E-state index contributed by atoms with van der Waals surface area (Å²) in [6, 6.07) is -0.435. The number of rotatable bonds is 4. The zero-order valence-electron chi connectivity index (χ0n) is 10.3. The summed E-state index contributed by atoms with van der Waals surface area (Å²) in [6.07, 6.45) is 3.61. The normalized spacial score (nSPS) is 22.8. The summed E-state index contributed by atoms with van der Waals surface area (Å²) in [6.45, 7) is 0.619. The van der Waals surface area contributed by atoms with Gasteiger partial charge in [-0.3, -0.25) is 9.59 Å². The molecule has 1 saturated carbocycles. The molecule has 1 aromatic rings. The van der Waals surface area contributed by atoms with Crippen molar-refractivity contribution in [1.29, 1.82) is 0 Å². The molecule has 1 saturated heterocycles. The lowest BCUT2D eigenvalue weighted by molar-refractivity contribution is -0.128. The Kier molecular flexibility index (Phi) is 3.38. The van der Waals surface area contributed by atoms with Gasteiger partial charge in [0.15, 0.2) is 0 Å². The Morgan fingerprint density at radius 3 is 2.84 bits per heavy atom. The van der Waals surface area contributed by atoms with Crippen LogP contribution in [0.1, 0.15) is 48.1 Å². The van der Waals surface area contributed by atoms with E-state index in [9.17, 15) is 9.59 Å². The van der Waals surface area contributed by atoms with Crippen LogP contribution in [0.25, 0.3) is 0 Å². The highest BCUT2D eigenvalue weighted by molar-refractivity contribution is 9.09. The number of likely N-dealkylation sites (tertiary alicyclic amines) is 1. The molecule has 2 fully saturated rings. The molecule has 2 aliphatic rings. The minimum atomic E-state index is -0.435. The molecule has 0 radical (unpaired) electrons. The summed E-state index contributed by atoms with van der Waals surface area (Å²) in [4.78, 5) is 29.8. The number of carbonyl (C=O) groups is 2. The second-order valence-electron chi connectivity index (χ2n) is 4.97. The third-order valence-electron chi connectivity index (χ3n) is 3.58. The molecular weight excluding hydrogens is 314 g/mol. The molecule has 7 heteroatoms. The Balaban J connectivity index is 1.76. The first-order chi connectivity index (χ1) is 9.20. The van der Waals surface area contributed by atoms with Crippen molar-refractivity contribution in [2.24, 2.45) is 0 Å². The molecule has 1 atom stereocenters. The van der Waals surface area contributed by atoms with Crippen LogP contribution in [0.3, 0.4) is 0 Å². The van der Waals surface area contributed by atoms with Crippen molar-refractivity contribution >= 4 is 27.6 Å². The van der Waals surface area contributed by atoms with Crippen LogP contribution in [0, 0.1) is 0 Å². The van der Waals surface area contributed by atoms with Crippen LogP contribution in [0.5, 0.6) is 0 Å². The third kappa shape index (κ3) is 2.43. The monoisotopic (exact) mass is 327 g/mol. The molecule has 0 spiro atoms. The van der Waals surface area contributed by atoms with Crippen molar-refractivity contribution < 1.29 is 14.1 Å². The average Bonchev–Trinajstić information content (AvgIpc) is 2.97. The smallest absolute Gasteiger partial charge is 0.240 e. The van der Waals surface area contributed by atoms with Crippen molar-refractivity contribution in [3.63, 3.8) is 0 Å². The van der Waals surface area contributed by atoms with Crippen LogP contribution in [0.15, 0.2) is 4.52 Å². The molecule has 3 rings (SSSR count). The number of alkyl halides is 1. The lowest BCUT2D eigenvalue weighted by Gasteiger charge is -2.21. The van der Waals surface area contributed by atoms with Gasteiger partial charge in [0.05, 0.1) is 11.4 Å². The van der Waals surface area contributed by atoms with Gasteiger partial charge in [-0.2, -0.15) is 4.98 Å². The molecule has 1 aliphatic carbocycles. The Labute approximate surface area is 118 Å². The van der Waals surface area contributed by atoms with E-state index in [1.54, 1.807) is 4.90 Å². The highest BCUT2D eigenvalue weighted by atomic mass is 79.9. The molecule has 0 unspecified atom stereocenters. The first kappa shape index (κ1) is 12.8. The first-order valence-corrected chi connectivity index (χ1v) is 7.56. The van der Waals surface area contributed by atoms with Crippen LogP contribution >= 0.6 is 15.9 Å². The quantitative estimate of drug-likeness (QED) is 0.619. The van der Waals surface area contributed by atoms with Gasteiger partial charge in [-0.1, -0.05) is 21.1 Å². The maximum atomic E-state index is 12.3. The second kappa shape index (κ2) is 5.03. The van der Waals surface area contributed by atoms with Crippen molar-refractivity contribution in [3.05, 3.63) is 11.7 Å². The average molecular weight is 328 g/mol. The highest BCUT2D eigenvalue weighted by Gasteiger charge is 2.37. The number of ketones is 1. The molecule has 19 heavy (non-hydrogen) atoms. The fraction of sp³-hybridized carbons (Fsp3) is 0.667. The van der Waals surface area contributed by atoms with E-state index >= 15 is 0 Å². The summed E-state index contributed by atoms with van der Waals surface area (Å²) in [5.41, 5.74) is 0. The number of carbonyl (C=O) groups excluding carboxylic acids is 2. The van der Waals surface area contributed by atoms with E-state index in [2.05, 4.69) is 26.1 Å². The summed E-state index contributed by atoms with van der Waals surface area (Å²) in [5, 5.41) is 3.99. The van der Waals surface area contributed by atoms with E-state index < -0.39 is 6.04 Å². The Hall–Kier alpha value is -1.24. The van der Waals surface area contributed by atoms with Gasteiger partial charge in [0.1, 0.15) is 0 Å². The molecule has 0 N–H and O–H groups in total. The van der Waals surface area contributed by atoms with Gasteiger partial charge >= 0.3 is 0 Å². The number of hydrogen-bond acceptors (Lipinski definition) is 5. The Morgan fingerprint density at radius 2 is 2.16 bits per heavy atom. The van der Waals surface area contributed by atoms with Crippen LogP contribution in [-0.2, 0) is 4.79 Å². The van der Waals surface area contributed by atoms with Crippen molar-refractivity contribution in [3.8, 4) is 0 Å². The van der Waals surface area contributed by atoms with Crippen LogP contribution in [0.2, 0.25) is 0 Å². The fourth-order valence-corrected chi connectivity index (χ4v) is 2.72. The minimum Gasteiger partial charge on any atom is -0.339 e. The number of aromatic nitrogens is 2. The number of hydrogen-bond donors (Lipinski definition) is 0. The number of nitrogens with zero attached hydrogens (tertiary/aromatic N) is 3. The predicted octanol–water partition coefficient (Wildman–Crippen LogP) is 1.52. The zero-order chi connectivity index (χ0) is 13.4. The van der Waals surface area contributed by atoms with Crippen LogP contribution in [0.4, 0.5) is 0 Å². The number of amides is 1. The maximum absolute atomic E-state index is 12.3. The summed E-state index contributed by atoms with van der Waals surface area (Å²) >= 11 is 3.14. The molecule has 1 aromatic heterocycles. The van der Waals surface area contributed by atoms with Crippen LogP contribution in [-0.4, -0.2) is 44.6 Å². The predicted molar refractivity (Wildman–Crippen MR) is 69.1 cm³/mol. The molecular formula is C12H14BrN3O3. The van der Waals surface area contributed by atoms with Gasteiger partial charge in [-0.15, -0.1) is 0 Å². The standard InChI is InChI=1S/C12H14BrN3O3/c13-6-9(17)16-5-1-2-8(16)10(18)11-14-12(19-15-11)7-3-4-7/h7-8H,1-6H2/t8-/m0/s1. The highest BCUT2D eigenvalue weighted by Crippen LogP contribution is 2.39. The third-order valence-corrected chi connectivity index (χ3v) is 4.06. The summed E-state index contributed by atoms with van der Waals surface area (Å²) in [5.74, 6) is 0.725. The summed E-state index contributed by atoms with van der Waals surface area (Å²) in [7, 11) is 0. The number of Topliss-reactive ketones (excluding diaryl/α,β-unsaturated/α-hetero) is 1.